The Bertz CT molecular complexity index is 921. The van der Waals surface area contributed by atoms with Crippen molar-refractivity contribution < 1.29 is 14.0 Å². The summed E-state index contributed by atoms with van der Waals surface area (Å²) < 4.78 is 13.5. The molecule has 2 N–H and O–H groups in total. The van der Waals surface area contributed by atoms with Crippen molar-refractivity contribution in [1.29, 1.82) is 5.26 Å². The summed E-state index contributed by atoms with van der Waals surface area (Å²) in [7, 11) is 0. The highest BCUT2D eigenvalue weighted by atomic mass is 19.1. The van der Waals surface area contributed by atoms with E-state index in [1.807, 2.05) is 37.3 Å². The third kappa shape index (κ3) is 4.43. The van der Waals surface area contributed by atoms with Gasteiger partial charge in [0.05, 0.1) is 30.1 Å². The number of likely N-dealkylation sites (tertiary alicyclic amines) is 1. The van der Waals surface area contributed by atoms with Crippen LogP contribution >= 0.6 is 0 Å². The summed E-state index contributed by atoms with van der Waals surface area (Å²) in [6.07, 6.45) is 4.82. The van der Waals surface area contributed by atoms with E-state index in [0.717, 1.165) is 24.1 Å². The van der Waals surface area contributed by atoms with Crippen LogP contribution in [0.3, 0.4) is 0 Å². The van der Waals surface area contributed by atoms with Gasteiger partial charge in [0, 0.05) is 12.1 Å². The molecule has 0 radical (unpaired) electrons. The number of hydrogen-bond acceptors (Lipinski definition) is 4. The lowest BCUT2D eigenvalue weighted by atomic mass is 9.76. The van der Waals surface area contributed by atoms with E-state index in [9.17, 15) is 14.0 Å². The Kier molecular flexibility index (Phi) is 5.74. The van der Waals surface area contributed by atoms with E-state index >= 15 is 0 Å². The maximum Gasteiger partial charge on any atom is 0.243 e. The molecule has 2 aliphatic carbocycles. The van der Waals surface area contributed by atoms with E-state index in [4.69, 9.17) is 5.26 Å². The standard InChI is InChI=1S/C24H29FN4O2/c1-23(22(31)28-24(11-12-24)17-5-3-2-4-6-17)9-7-19(8-10-23)27-15-21(30)29-16-18(25)13-20(29)14-26/h2-7,18,20,27H,8-13,15-16H2,1H3,(H,28,31)/t18-,20-,23?/m0/s1. The predicted octanol–water partition coefficient (Wildman–Crippen LogP) is 2.92. The van der Waals surface area contributed by atoms with Crippen molar-refractivity contribution in [1.82, 2.24) is 15.5 Å². The topological polar surface area (TPSA) is 85.2 Å². The summed E-state index contributed by atoms with van der Waals surface area (Å²) in [5.41, 5.74) is 1.37. The van der Waals surface area contributed by atoms with Gasteiger partial charge in [0.15, 0.2) is 0 Å². The molecular formula is C24H29FN4O2. The summed E-state index contributed by atoms with van der Waals surface area (Å²) >= 11 is 0. The number of nitrogens with one attached hydrogen (secondary N) is 2. The summed E-state index contributed by atoms with van der Waals surface area (Å²) in [5.74, 6) is -0.194. The highest BCUT2D eigenvalue weighted by molar-refractivity contribution is 5.84. The molecule has 2 fully saturated rings. The average molecular weight is 425 g/mol. The first-order valence-corrected chi connectivity index (χ1v) is 11.0. The fourth-order valence-corrected chi connectivity index (χ4v) is 4.54. The molecule has 0 aromatic heterocycles. The molecule has 2 amide bonds. The van der Waals surface area contributed by atoms with Crippen molar-refractivity contribution in [3.8, 4) is 6.07 Å². The number of amides is 2. The molecule has 1 heterocycles. The Morgan fingerprint density at radius 3 is 2.61 bits per heavy atom. The first-order valence-electron chi connectivity index (χ1n) is 11.0. The highest BCUT2D eigenvalue weighted by Crippen LogP contribution is 2.47. The van der Waals surface area contributed by atoms with Crippen LogP contribution in [-0.2, 0) is 15.1 Å². The Morgan fingerprint density at radius 1 is 1.26 bits per heavy atom. The second-order valence-corrected chi connectivity index (χ2v) is 9.27. The number of halogens is 1. The molecule has 1 aromatic carbocycles. The summed E-state index contributed by atoms with van der Waals surface area (Å²) in [6, 6.07) is 11.4. The Morgan fingerprint density at radius 2 is 2.00 bits per heavy atom. The van der Waals surface area contributed by atoms with Crippen LogP contribution in [0.15, 0.2) is 42.1 Å². The zero-order valence-electron chi connectivity index (χ0n) is 17.9. The van der Waals surface area contributed by atoms with Gasteiger partial charge in [-0.2, -0.15) is 5.26 Å². The van der Waals surface area contributed by atoms with Gasteiger partial charge in [-0.3, -0.25) is 9.59 Å². The number of hydrogen-bond donors (Lipinski definition) is 2. The van der Waals surface area contributed by atoms with Gasteiger partial charge in [-0.15, -0.1) is 0 Å². The van der Waals surface area contributed by atoms with Gasteiger partial charge in [-0.05, 0) is 37.7 Å². The number of nitrogens with zero attached hydrogens (tertiary/aromatic N) is 2. The Labute approximate surface area is 182 Å². The van der Waals surface area contributed by atoms with Crippen molar-refractivity contribution in [3.05, 3.63) is 47.7 Å². The molecule has 1 saturated heterocycles. The first kappa shape index (κ1) is 21.4. The minimum absolute atomic E-state index is 0.0147. The molecule has 1 aromatic rings. The monoisotopic (exact) mass is 424 g/mol. The molecule has 3 atom stereocenters. The van der Waals surface area contributed by atoms with Crippen LogP contribution in [0.25, 0.3) is 0 Å². The van der Waals surface area contributed by atoms with Crippen LogP contribution in [0, 0.1) is 16.7 Å². The third-order valence-corrected chi connectivity index (χ3v) is 6.91. The van der Waals surface area contributed by atoms with Gasteiger partial charge >= 0.3 is 0 Å². The molecule has 1 unspecified atom stereocenters. The zero-order valence-corrected chi connectivity index (χ0v) is 17.9. The largest absolute Gasteiger partial charge is 0.380 e. The smallest absolute Gasteiger partial charge is 0.243 e. The number of alkyl halides is 1. The second-order valence-electron chi connectivity index (χ2n) is 9.27. The van der Waals surface area contributed by atoms with E-state index in [-0.39, 0.29) is 36.9 Å². The van der Waals surface area contributed by atoms with Gasteiger partial charge in [0.25, 0.3) is 0 Å². The van der Waals surface area contributed by atoms with Crippen molar-refractivity contribution >= 4 is 11.8 Å². The summed E-state index contributed by atoms with van der Waals surface area (Å²) in [4.78, 5) is 26.8. The van der Waals surface area contributed by atoms with E-state index < -0.39 is 17.6 Å². The first-order chi connectivity index (χ1) is 14.8. The Balaban J connectivity index is 1.31. The summed E-state index contributed by atoms with van der Waals surface area (Å²) in [6.45, 7) is 2.01. The fraction of sp³-hybridized carbons (Fsp3) is 0.542. The van der Waals surface area contributed by atoms with Crippen molar-refractivity contribution in [2.45, 2.75) is 63.2 Å². The molecule has 4 rings (SSSR count). The highest BCUT2D eigenvalue weighted by Gasteiger charge is 2.48. The van der Waals surface area contributed by atoms with E-state index in [2.05, 4.69) is 22.8 Å². The maximum absolute atomic E-state index is 13.5. The lowest BCUT2D eigenvalue weighted by Gasteiger charge is -2.34. The quantitative estimate of drug-likeness (QED) is 0.735. The van der Waals surface area contributed by atoms with Crippen LogP contribution in [0.1, 0.15) is 51.0 Å². The van der Waals surface area contributed by atoms with Crippen LogP contribution in [-0.4, -0.2) is 42.0 Å². The number of benzene rings is 1. The van der Waals surface area contributed by atoms with Crippen molar-refractivity contribution in [2.75, 3.05) is 13.1 Å². The van der Waals surface area contributed by atoms with Gasteiger partial charge in [-0.1, -0.05) is 43.3 Å². The van der Waals surface area contributed by atoms with Crippen LogP contribution in [0.5, 0.6) is 0 Å². The molecule has 7 heteroatoms. The van der Waals surface area contributed by atoms with Crippen LogP contribution in [0.2, 0.25) is 0 Å². The van der Waals surface area contributed by atoms with Gasteiger partial charge in [0.1, 0.15) is 12.2 Å². The lowest BCUT2D eigenvalue weighted by Crippen LogP contribution is -2.45. The number of carbonyl (C=O) groups excluding carboxylic acids is 2. The molecule has 0 spiro atoms. The molecule has 0 bridgehead atoms. The van der Waals surface area contributed by atoms with E-state index in [1.54, 1.807) is 0 Å². The SMILES string of the molecule is CC1(C(=O)NC2(c3ccccc3)CC2)CC=C(NCC(=O)N2C[C@@H](F)C[C@H]2C#N)CC1. The number of rotatable bonds is 6. The van der Waals surface area contributed by atoms with Crippen LogP contribution in [0.4, 0.5) is 4.39 Å². The molecular weight excluding hydrogens is 395 g/mol. The average Bonchev–Trinajstić information content (AvgIpc) is 3.46. The van der Waals surface area contributed by atoms with E-state index in [1.165, 1.54) is 4.90 Å². The normalized spacial score (nSPS) is 28.9. The Hall–Kier alpha value is -2.88. The molecule has 31 heavy (non-hydrogen) atoms. The zero-order chi connectivity index (χ0) is 22.1. The second kappa shape index (κ2) is 8.33. The molecule has 164 valence electrons. The maximum atomic E-state index is 13.5. The van der Waals surface area contributed by atoms with Crippen molar-refractivity contribution in [2.24, 2.45) is 5.41 Å². The third-order valence-electron chi connectivity index (χ3n) is 6.91. The van der Waals surface area contributed by atoms with Gasteiger partial charge in [0.2, 0.25) is 11.8 Å². The number of nitriles is 1. The number of carbonyl (C=O) groups is 2. The molecule has 1 saturated carbocycles. The molecule has 6 nitrogen and oxygen atoms in total. The predicted molar refractivity (Wildman–Crippen MR) is 114 cm³/mol. The van der Waals surface area contributed by atoms with E-state index in [0.29, 0.717) is 19.3 Å². The van der Waals surface area contributed by atoms with Gasteiger partial charge in [-0.25, -0.2) is 4.39 Å². The van der Waals surface area contributed by atoms with Crippen LogP contribution < -0.4 is 10.6 Å². The summed E-state index contributed by atoms with van der Waals surface area (Å²) in [5, 5.41) is 15.5. The lowest BCUT2D eigenvalue weighted by molar-refractivity contribution is -0.132. The molecule has 1 aliphatic heterocycles. The number of allylic oxidation sites excluding steroid dienone is 2. The molecule has 3 aliphatic rings. The van der Waals surface area contributed by atoms with Crippen molar-refractivity contribution in [3.63, 3.8) is 0 Å². The van der Waals surface area contributed by atoms with Gasteiger partial charge < -0.3 is 15.5 Å². The minimum atomic E-state index is -1.13. The fourth-order valence-electron chi connectivity index (χ4n) is 4.54. The minimum Gasteiger partial charge on any atom is -0.380 e.